The molecule has 1 aromatic carbocycles. The first-order chi connectivity index (χ1) is 16.6. The number of nitrogens with one attached hydrogen (secondary N) is 2. The molecule has 1 aliphatic rings. The second-order valence-corrected chi connectivity index (χ2v) is 8.77. The van der Waals surface area contributed by atoms with E-state index in [2.05, 4.69) is 10.6 Å². The van der Waals surface area contributed by atoms with Crippen molar-refractivity contribution in [3.8, 4) is 0 Å². The van der Waals surface area contributed by atoms with Crippen LogP contribution in [0.3, 0.4) is 0 Å². The number of carbonyl (C=O) groups is 5. The maximum absolute atomic E-state index is 13.4. The van der Waals surface area contributed by atoms with Crippen molar-refractivity contribution >= 4 is 29.7 Å². The molecule has 3 amide bonds. The van der Waals surface area contributed by atoms with Crippen molar-refractivity contribution < 1.29 is 34.2 Å². The van der Waals surface area contributed by atoms with Crippen molar-refractivity contribution in [1.82, 2.24) is 15.5 Å². The summed E-state index contributed by atoms with van der Waals surface area (Å²) in [6.07, 6.45) is 1.52. The number of nitrogens with zero attached hydrogens (tertiary/aromatic N) is 1. The molecule has 11 heteroatoms. The molecular weight excluding hydrogens is 456 g/mol. The van der Waals surface area contributed by atoms with Gasteiger partial charge in [-0.15, -0.1) is 0 Å². The Morgan fingerprint density at radius 3 is 2.14 bits per heavy atom. The Labute approximate surface area is 204 Å². The van der Waals surface area contributed by atoms with Gasteiger partial charge in [0.1, 0.15) is 12.1 Å². The van der Waals surface area contributed by atoms with Crippen molar-refractivity contribution in [3.05, 3.63) is 35.9 Å². The number of rotatable bonds is 12. The van der Waals surface area contributed by atoms with Gasteiger partial charge in [0.15, 0.2) is 0 Å². The molecule has 0 radical (unpaired) electrons. The first-order valence-electron chi connectivity index (χ1n) is 11.7. The van der Waals surface area contributed by atoms with Crippen LogP contribution in [0, 0.1) is 0 Å². The Hall–Kier alpha value is -3.47. The molecule has 1 heterocycles. The van der Waals surface area contributed by atoms with Gasteiger partial charge in [-0.05, 0) is 44.2 Å². The van der Waals surface area contributed by atoms with Gasteiger partial charge < -0.3 is 31.5 Å². The maximum atomic E-state index is 13.4. The molecule has 0 bridgehead atoms. The quantitative estimate of drug-likeness (QED) is 0.258. The smallest absolute Gasteiger partial charge is 0.326 e. The third kappa shape index (κ3) is 7.51. The summed E-state index contributed by atoms with van der Waals surface area (Å²) in [4.78, 5) is 62.4. The van der Waals surface area contributed by atoms with Gasteiger partial charge in [-0.2, -0.15) is 0 Å². The Balaban J connectivity index is 2.23. The predicted molar refractivity (Wildman–Crippen MR) is 126 cm³/mol. The standard InChI is InChI=1S/C24H34N4O7/c1-16(29)26-18(9-5-6-12-25)21(32)28-13-10-24(11-14-28,17-7-3-2-4-8-17)23(35)27-19(22(33)34)15-20(30)31/h2-4,7-8,18-19H,5-6,9-15,25H2,1H3,(H,26,29)(H,27,35)(H,30,31)(H,33,34)/t18-,19-/m1/s1. The van der Waals surface area contributed by atoms with Gasteiger partial charge in [-0.3, -0.25) is 19.2 Å². The molecule has 0 unspecified atom stereocenters. The van der Waals surface area contributed by atoms with Crippen molar-refractivity contribution in [1.29, 1.82) is 0 Å². The molecule has 1 aliphatic heterocycles. The van der Waals surface area contributed by atoms with Crippen LogP contribution in [0.4, 0.5) is 0 Å². The highest BCUT2D eigenvalue weighted by Gasteiger charge is 2.45. The number of aliphatic carboxylic acids is 2. The van der Waals surface area contributed by atoms with Crippen LogP contribution in [0.25, 0.3) is 0 Å². The molecular formula is C24H34N4O7. The number of carboxylic acid groups (broad SMARTS) is 2. The number of unbranched alkanes of at least 4 members (excludes halogenated alkanes) is 1. The zero-order valence-corrected chi connectivity index (χ0v) is 19.9. The minimum absolute atomic E-state index is 0.212. The Kier molecular flexibility index (Phi) is 10.2. The van der Waals surface area contributed by atoms with Gasteiger partial charge in [-0.25, -0.2) is 4.79 Å². The number of nitrogens with two attached hydrogens (primary N) is 1. The summed E-state index contributed by atoms with van der Waals surface area (Å²) in [5.74, 6) is -3.93. The second-order valence-electron chi connectivity index (χ2n) is 8.77. The Morgan fingerprint density at radius 1 is 1.00 bits per heavy atom. The SMILES string of the molecule is CC(=O)N[C@H](CCCCN)C(=O)N1CCC(C(=O)N[C@H](CC(=O)O)C(=O)O)(c2ccccc2)CC1. The highest BCUT2D eigenvalue weighted by molar-refractivity contribution is 5.93. The normalized spacial score (nSPS) is 16.6. The molecule has 0 aliphatic carbocycles. The van der Waals surface area contributed by atoms with Crippen LogP contribution in [0.1, 0.15) is 51.0 Å². The summed E-state index contributed by atoms with van der Waals surface area (Å²) >= 11 is 0. The van der Waals surface area contributed by atoms with Gasteiger partial charge in [0.25, 0.3) is 0 Å². The number of piperidine rings is 1. The van der Waals surface area contributed by atoms with Gasteiger partial charge in [0.05, 0.1) is 11.8 Å². The first-order valence-corrected chi connectivity index (χ1v) is 11.7. The average Bonchev–Trinajstić information content (AvgIpc) is 2.82. The highest BCUT2D eigenvalue weighted by Crippen LogP contribution is 2.36. The maximum Gasteiger partial charge on any atom is 0.326 e. The number of likely N-dealkylation sites (tertiary alicyclic amines) is 1. The van der Waals surface area contributed by atoms with E-state index in [0.717, 1.165) is 6.42 Å². The molecule has 2 atom stereocenters. The highest BCUT2D eigenvalue weighted by atomic mass is 16.4. The van der Waals surface area contributed by atoms with E-state index in [-0.39, 0.29) is 37.7 Å². The van der Waals surface area contributed by atoms with Crippen LogP contribution in [0.5, 0.6) is 0 Å². The first kappa shape index (κ1) is 27.8. The molecule has 1 saturated heterocycles. The van der Waals surface area contributed by atoms with Crippen LogP contribution >= 0.6 is 0 Å². The topological polar surface area (TPSA) is 179 Å². The van der Waals surface area contributed by atoms with E-state index < -0.39 is 41.8 Å². The number of hydrogen-bond donors (Lipinski definition) is 5. The van der Waals surface area contributed by atoms with Crippen molar-refractivity contribution in [3.63, 3.8) is 0 Å². The minimum Gasteiger partial charge on any atom is -0.481 e. The molecule has 0 aromatic heterocycles. The van der Waals surface area contributed by atoms with Crippen LogP contribution in [0.2, 0.25) is 0 Å². The van der Waals surface area contributed by atoms with Gasteiger partial charge in [0.2, 0.25) is 17.7 Å². The fraction of sp³-hybridized carbons (Fsp3) is 0.542. The molecule has 2 rings (SSSR count). The van der Waals surface area contributed by atoms with Gasteiger partial charge in [0, 0.05) is 20.0 Å². The van der Waals surface area contributed by atoms with Crippen LogP contribution < -0.4 is 16.4 Å². The lowest BCUT2D eigenvalue weighted by atomic mass is 9.71. The number of carboxylic acids is 2. The zero-order valence-electron chi connectivity index (χ0n) is 19.9. The van der Waals surface area contributed by atoms with E-state index >= 15 is 0 Å². The molecule has 11 nitrogen and oxygen atoms in total. The third-order valence-corrected chi connectivity index (χ3v) is 6.29. The van der Waals surface area contributed by atoms with E-state index in [1.165, 1.54) is 6.92 Å². The molecule has 1 aromatic rings. The summed E-state index contributed by atoms with van der Waals surface area (Å²) < 4.78 is 0. The lowest BCUT2D eigenvalue weighted by Crippen LogP contribution is -2.58. The van der Waals surface area contributed by atoms with E-state index in [0.29, 0.717) is 24.9 Å². The Bertz CT molecular complexity index is 914. The van der Waals surface area contributed by atoms with Crippen LogP contribution in [-0.4, -0.2) is 76.5 Å². The Morgan fingerprint density at radius 2 is 1.63 bits per heavy atom. The van der Waals surface area contributed by atoms with Crippen molar-refractivity contribution in [2.45, 2.75) is 62.9 Å². The van der Waals surface area contributed by atoms with E-state index in [1.54, 1.807) is 35.2 Å². The minimum atomic E-state index is -1.58. The number of hydrogen-bond acceptors (Lipinski definition) is 6. The zero-order chi connectivity index (χ0) is 26.0. The molecule has 1 fully saturated rings. The number of benzene rings is 1. The largest absolute Gasteiger partial charge is 0.481 e. The molecule has 192 valence electrons. The molecule has 6 N–H and O–H groups in total. The van der Waals surface area contributed by atoms with E-state index in [1.807, 2.05) is 0 Å². The number of amides is 3. The second kappa shape index (κ2) is 12.8. The van der Waals surface area contributed by atoms with E-state index in [4.69, 9.17) is 10.8 Å². The monoisotopic (exact) mass is 490 g/mol. The molecule has 35 heavy (non-hydrogen) atoms. The summed E-state index contributed by atoms with van der Waals surface area (Å²) in [6.45, 7) is 2.26. The fourth-order valence-electron chi connectivity index (χ4n) is 4.40. The van der Waals surface area contributed by atoms with Crippen LogP contribution in [-0.2, 0) is 29.4 Å². The summed E-state index contributed by atoms with van der Waals surface area (Å²) in [5.41, 5.74) is 5.06. The lowest BCUT2D eigenvalue weighted by Gasteiger charge is -2.42. The lowest BCUT2D eigenvalue weighted by molar-refractivity contribution is -0.148. The van der Waals surface area contributed by atoms with Crippen molar-refractivity contribution in [2.24, 2.45) is 5.73 Å². The van der Waals surface area contributed by atoms with Gasteiger partial charge in [-0.1, -0.05) is 30.3 Å². The number of carbonyl (C=O) groups excluding carboxylic acids is 3. The summed E-state index contributed by atoms with van der Waals surface area (Å²) in [6, 6.07) is 6.57. The molecule has 0 saturated carbocycles. The van der Waals surface area contributed by atoms with Crippen LogP contribution in [0.15, 0.2) is 30.3 Å². The average molecular weight is 491 g/mol. The van der Waals surface area contributed by atoms with Gasteiger partial charge >= 0.3 is 11.9 Å². The molecule has 0 spiro atoms. The fourth-order valence-corrected chi connectivity index (χ4v) is 4.40. The predicted octanol–water partition coefficient (Wildman–Crippen LogP) is 0.225. The summed E-state index contributed by atoms with van der Waals surface area (Å²) in [7, 11) is 0. The van der Waals surface area contributed by atoms with E-state index in [9.17, 15) is 29.1 Å². The third-order valence-electron chi connectivity index (χ3n) is 6.29. The summed E-state index contributed by atoms with van der Waals surface area (Å²) in [5, 5.41) is 23.5. The van der Waals surface area contributed by atoms with Crippen molar-refractivity contribution in [2.75, 3.05) is 19.6 Å².